The SMILES string of the molecule is CC1(C)CC1NC(=O)c1c(F)ccc([N+](=O)[O-])c1F. The van der Waals surface area contributed by atoms with E-state index in [2.05, 4.69) is 5.32 Å². The number of halogens is 2. The number of carbonyl (C=O) groups is 1. The molecule has 1 aliphatic carbocycles. The summed E-state index contributed by atoms with van der Waals surface area (Å²) >= 11 is 0. The third-order valence-corrected chi connectivity index (χ3v) is 3.31. The van der Waals surface area contributed by atoms with Crippen LogP contribution in [-0.4, -0.2) is 16.9 Å². The quantitative estimate of drug-likeness (QED) is 0.677. The monoisotopic (exact) mass is 270 g/mol. The number of amides is 1. The van der Waals surface area contributed by atoms with Gasteiger partial charge in [0.1, 0.15) is 11.4 Å². The smallest absolute Gasteiger partial charge is 0.305 e. The van der Waals surface area contributed by atoms with Gasteiger partial charge in [0.25, 0.3) is 5.91 Å². The second-order valence-corrected chi connectivity index (χ2v) is 5.23. The second-order valence-electron chi connectivity index (χ2n) is 5.23. The standard InChI is InChI=1S/C12H12F2N2O3/c1-12(2)5-8(12)15-11(17)9-6(13)3-4-7(10(9)14)16(18)19/h3-4,8H,5H2,1-2H3,(H,15,17). The summed E-state index contributed by atoms with van der Waals surface area (Å²) in [7, 11) is 0. The highest BCUT2D eigenvalue weighted by atomic mass is 19.1. The van der Waals surface area contributed by atoms with Gasteiger partial charge >= 0.3 is 5.69 Å². The Bertz CT molecular complexity index is 572. The van der Waals surface area contributed by atoms with Gasteiger partial charge in [0.05, 0.1) is 4.92 Å². The first-order chi connectivity index (χ1) is 8.74. The van der Waals surface area contributed by atoms with Gasteiger partial charge in [-0.05, 0) is 17.9 Å². The molecule has 1 aromatic carbocycles. The number of nitro benzene ring substituents is 1. The molecule has 0 aromatic heterocycles. The number of nitro groups is 1. The van der Waals surface area contributed by atoms with Crippen LogP contribution in [0, 0.1) is 27.2 Å². The maximum absolute atomic E-state index is 13.8. The maximum Gasteiger partial charge on any atom is 0.305 e. The van der Waals surface area contributed by atoms with E-state index in [1.54, 1.807) is 0 Å². The van der Waals surface area contributed by atoms with Gasteiger partial charge in [-0.3, -0.25) is 14.9 Å². The number of hydrogen-bond acceptors (Lipinski definition) is 3. The van der Waals surface area contributed by atoms with Crippen LogP contribution in [0.15, 0.2) is 12.1 Å². The highest BCUT2D eigenvalue weighted by Crippen LogP contribution is 2.44. The van der Waals surface area contributed by atoms with Gasteiger partial charge in [0, 0.05) is 12.1 Å². The zero-order valence-electron chi connectivity index (χ0n) is 10.4. The largest absolute Gasteiger partial charge is 0.349 e. The first-order valence-corrected chi connectivity index (χ1v) is 5.67. The molecule has 0 saturated heterocycles. The molecule has 0 aliphatic heterocycles. The van der Waals surface area contributed by atoms with Crippen LogP contribution in [0.2, 0.25) is 0 Å². The van der Waals surface area contributed by atoms with Gasteiger partial charge in [-0.2, -0.15) is 4.39 Å². The Balaban J connectivity index is 2.31. The van der Waals surface area contributed by atoms with Crippen LogP contribution < -0.4 is 5.32 Å². The van der Waals surface area contributed by atoms with Crippen molar-refractivity contribution in [2.75, 3.05) is 0 Å². The van der Waals surface area contributed by atoms with E-state index >= 15 is 0 Å². The van der Waals surface area contributed by atoms with Crippen molar-refractivity contribution >= 4 is 11.6 Å². The highest BCUT2D eigenvalue weighted by molar-refractivity contribution is 5.96. The topological polar surface area (TPSA) is 72.2 Å². The minimum Gasteiger partial charge on any atom is -0.349 e. The number of hydrogen-bond donors (Lipinski definition) is 1. The summed E-state index contributed by atoms with van der Waals surface area (Å²) in [5, 5.41) is 13.0. The van der Waals surface area contributed by atoms with Crippen molar-refractivity contribution in [1.82, 2.24) is 5.32 Å². The summed E-state index contributed by atoms with van der Waals surface area (Å²) in [6.07, 6.45) is 0.705. The molecule has 0 spiro atoms. The molecule has 2 rings (SSSR count). The van der Waals surface area contributed by atoms with Crippen LogP contribution in [0.3, 0.4) is 0 Å². The fourth-order valence-corrected chi connectivity index (χ4v) is 1.83. The molecule has 1 unspecified atom stereocenters. The van der Waals surface area contributed by atoms with Crippen molar-refractivity contribution in [1.29, 1.82) is 0 Å². The minimum atomic E-state index is -1.44. The molecule has 7 heteroatoms. The zero-order chi connectivity index (χ0) is 14.4. The number of nitrogens with one attached hydrogen (secondary N) is 1. The van der Waals surface area contributed by atoms with E-state index in [-0.39, 0.29) is 11.5 Å². The van der Waals surface area contributed by atoms with E-state index in [0.29, 0.717) is 18.6 Å². The van der Waals surface area contributed by atoms with Gasteiger partial charge in [-0.1, -0.05) is 13.8 Å². The average molecular weight is 270 g/mol. The fraction of sp³-hybridized carbons (Fsp3) is 0.417. The van der Waals surface area contributed by atoms with E-state index in [4.69, 9.17) is 0 Å². The Morgan fingerprint density at radius 1 is 1.47 bits per heavy atom. The lowest BCUT2D eigenvalue weighted by atomic mass is 10.1. The minimum absolute atomic E-state index is 0.108. The third-order valence-electron chi connectivity index (χ3n) is 3.31. The Morgan fingerprint density at radius 2 is 2.05 bits per heavy atom. The molecule has 1 fully saturated rings. The summed E-state index contributed by atoms with van der Waals surface area (Å²) in [4.78, 5) is 21.3. The van der Waals surface area contributed by atoms with E-state index in [1.165, 1.54) is 0 Å². The molecule has 0 heterocycles. The molecule has 1 saturated carbocycles. The first-order valence-electron chi connectivity index (χ1n) is 5.67. The Kier molecular flexibility index (Phi) is 3.00. The summed E-state index contributed by atoms with van der Waals surface area (Å²) in [5.74, 6) is -3.52. The lowest BCUT2D eigenvalue weighted by Gasteiger charge is -2.08. The number of nitrogens with zero attached hydrogens (tertiary/aromatic N) is 1. The van der Waals surface area contributed by atoms with Crippen molar-refractivity contribution in [3.8, 4) is 0 Å². The molecule has 102 valence electrons. The van der Waals surface area contributed by atoms with Crippen molar-refractivity contribution < 1.29 is 18.5 Å². The van der Waals surface area contributed by atoms with E-state index in [9.17, 15) is 23.7 Å². The van der Waals surface area contributed by atoms with Crippen LogP contribution in [0.25, 0.3) is 0 Å². The molecule has 1 atom stereocenters. The third kappa shape index (κ3) is 2.40. The van der Waals surface area contributed by atoms with Crippen LogP contribution >= 0.6 is 0 Å². The molecule has 19 heavy (non-hydrogen) atoms. The summed E-state index contributed by atoms with van der Waals surface area (Å²) in [6, 6.07) is 1.24. The number of rotatable bonds is 3. The molecular formula is C12H12F2N2O3. The zero-order valence-corrected chi connectivity index (χ0v) is 10.4. The second kappa shape index (κ2) is 4.25. The van der Waals surface area contributed by atoms with Crippen LogP contribution in [-0.2, 0) is 0 Å². The normalized spacial score (nSPS) is 19.9. The molecular weight excluding hydrogens is 258 g/mol. The lowest BCUT2D eigenvalue weighted by Crippen LogP contribution is -2.30. The molecule has 1 N–H and O–H groups in total. The van der Waals surface area contributed by atoms with E-state index in [1.807, 2.05) is 13.8 Å². The molecule has 1 aliphatic rings. The van der Waals surface area contributed by atoms with Gasteiger partial charge in [-0.15, -0.1) is 0 Å². The molecule has 5 nitrogen and oxygen atoms in total. The van der Waals surface area contributed by atoms with Crippen molar-refractivity contribution in [3.05, 3.63) is 39.4 Å². The van der Waals surface area contributed by atoms with Crippen molar-refractivity contribution in [3.63, 3.8) is 0 Å². The average Bonchev–Trinajstić information content (AvgIpc) is 2.84. The fourth-order valence-electron chi connectivity index (χ4n) is 1.83. The van der Waals surface area contributed by atoms with E-state index in [0.717, 1.165) is 0 Å². The van der Waals surface area contributed by atoms with Crippen LogP contribution in [0.1, 0.15) is 30.6 Å². The molecule has 0 bridgehead atoms. The predicted molar refractivity (Wildman–Crippen MR) is 62.7 cm³/mol. The number of carbonyl (C=O) groups excluding carboxylic acids is 1. The van der Waals surface area contributed by atoms with Crippen LogP contribution in [0.4, 0.5) is 14.5 Å². The van der Waals surface area contributed by atoms with Crippen molar-refractivity contribution in [2.24, 2.45) is 5.41 Å². The Labute approximate surface area is 107 Å². The van der Waals surface area contributed by atoms with Gasteiger partial charge in [0.15, 0.2) is 0 Å². The van der Waals surface area contributed by atoms with Gasteiger partial charge in [0.2, 0.25) is 5.82 Å². The highest BCUT2D eigenvalue weighted by Gasteiger charge is 2.47. The predicted octanol–water partition coefficient (Wildman–Crippen LogP) is 2.40. The first kappa shape index (κ1) is 13.4. The van der Waals surface area contributed by atoms with Crippen LogP contribution in [0.5, 0.6) is 0 Å². The summed E-state index contributed by atoms with van der Waals surface area (Å²) < 4.78 is 27.2. The van der Waals surface area contributed by atoms with Crippen molar-refractivity contribution in [2.45, 2.75) is 26.3 Å². The molecule has 1 aromatic rings. The van der Waals surface area contributed by atoms with Gasteiger partial charge < -0.3 is 5.32 Å². The Morgan fingerprint density at radius 3 is 2.53 bits per heavy atom. The van der Waals surface area contributed by atoms with Gasteiger partial charge in [-0.25, -0.2) is 4.39 Å². The summed E-state index contributed by atoms with van der Waals surface area (Å²) in [6.45, 7) is 3.80. The number of benzene rings is 1. The van der Waals surface area contributed by atoms with E-state index < -0.39 is 33.7 Å². The molecule has 0 radical (unpaired) electrons. The molecule has 1 amide bonds. The lowest BCUT2D eigenvalue weighted by molar-refractivity contribution is -0.387. The maximum atomic E-state index is 13.8. The Hall–Kier alpha value is -2.05. The summed E-state index contributed by atoms with van der Waals surface area (Å²) in [5.41, 5.74) is -1.93.